The number of aryl methyl sites for hydroxylation is 1. The van der Waals surface area contributed by atoms with Crippen LogP contribution in [-0.4, -0.2) is 42.3 Å². The van der Waals surface area contributed by atoms with Crippen molar-refractivity contribution in [3.05, 3.63) is 29.3 Å². The Bertz CT molecular complexity index is 651. The van der Waals surface area contributed by atoms with E-state index in [0.29, 0.717) is 31.4 Å². The van der Waals surface area contributed by atoms with Gasteiger partial charge < -0.3 is 19.9 Å². The molecule has 1 aliphatic heterocycles. The molecule has 0 bridgehead atoms. The smallest absolute Gasteiger partial charge is 0.306 e. The number of hydrogen-bond donors (Lipinski definition) is 2. The molecule has 2 aliphatic rings. The Morgan fingerprint density at radius 1 is 1.33 bits per heavy atom. The van der Waals surface area contributed by atoms with Crippen LogP contribution < -0.4 is 10.1 Å². The van der Waals surface area contributed by atoms with Crippen molar-refractivity contribution in [3.8, 4) is 5.75 Å². The highest BCUT2D eigenvalue weighted by atomic mass is 16.5. The van der Waals surface area contributed by atoms with Crippen molar-refractivity contribution in [2.75, 3.05) is 13.7 Å². The summed E-state index contributed by atoms with van der Waals surface area (Å²) in [6.07, 6.45) is 2.50. The summed E-state index contributed by atoms with van der Waals surface area (Å²) in [6.45, 7) is 2.44. The minimum Gasteiger partial charge on any atom is -0.497 e. The van der Waals surface area contributed by atoms with E-state index in [1.807, 2.05) is 13.0 Å². The Morgan fingerprint density at radius 3 is 2.71 bits per heavy atom. The van der Waals surface area contributed by atoms with Gasteiger partial charge in [-0.1, -0.05) is 0 Å². The monoisotopic (exact) mass is 333 g/mol. The highest BCUT2D eigenvalue weighted by molar-refractivity contribution is 5.96. The molecule has 130 valence electrons. The van der Waals surface area contributed by atoms with E-state index in [2.05, 4.69) is 5.32 Å². The minimum absolute atomic E-state index is 0.0162. The first kappa shape index (κ1) is 16.8. The van der Waals surface area contributed by atoms with Gasteiger partial charge in [-0.25, -0.2) is 0 Å². The second kappa shape index (κ2) is 6.43. The molecule has 1 amide bonds. The van der Waals surface area contributed by atoms with Crippen LogP contribution in [-0.2, 0) is 9.53 Å². The zero-order valence-corrected chi connectivity index (χ0v) is 14.0. The summed E-state index contributed by atoms with van der Waals surface area (Å²) < 4.78 is 11.0. The van der Waals surface area contributed by atoms with Gasteiger partial charge in [0.05, 0.1) is 18.6 Å². The molecule has 1 aromatic rings. The quantitative estimate of drug-likeness (QED) is 0.882. The van der Waals surface area contributed by atoms with Crippen LogP contribution in [0, 0.1) is 12.8 Å². The van der Waals surface area contributed by atoms with Crippen molar-refractivity contribution < 1.29 is 24.2 Å². The summed E-state index contributed by atoms with van der Waals surface area (Å²) in [5.41, 5.74) is 1.13. The number of amides is 1. The van der Waals surface area contributed by atoms with Gasteiger partial charge in [0, 0.05) is 18.2 Å². The Balaban J connectivity index is 1.62. The Hall–Kier alpha value is -2.08. The molecular weight excluding hydrogens is 310 g/mol. The lowest BCUT2D eigenvalue weighted by Crippen LogP contribution is -2.56. The van der Waals surface area contributed by atoms with E-state index >= 15 is 0 Å². The van der Waals surface area contributed by atoms with E-state index in [0.717, 1.165) is 17.7 Å². The van der Waals surface area contributed by atoms with Crippen molar-refractivity contribution in [1.82, 2.24) is 5.32 Å². The number of carbonyl (C=O) groups is 2. The molecule has 1 unspecified atom stereocenters. The predicted octanol–water partition coefficient (Wildman–Crippen LogP) is 2.15. The van der Waals surface area contributed by atoms with Crippen LogP contribution in [0.3, 0.4) is 0 Å². The molecule has 6 nitrogen and oxygen atoms in total. The van der Waals surface area contributed by atoms with E-state index in [1.165, 1.54) is 0 Å². The first-order chi connectivity index (χ1) is 11.4. The zero-order chi connectivity index (χ0) is 17.3. The van der Waals surface area contributed by atoms with Crippen molar-refractivity contribution in [2.45, 2.75) is 44.2 Å². The maximum absolute atomic E-state index is 12.5. The molecule has 24 heavy (non-hydrogen) atoms. The third-order valence-corrected chi connectivity index (χ3v) is 5.09. The molecule has 1 saturated carbocycles. The van der Waals surface area contributed by atoms with Crippen molar-refractivity contribution in [3.63, 3.8) is 0 Å². The van der Waals surface area contributed by atoms with Gasteiger partial charge >= 0.3 is 5.97 Å². The SMILES string of the molecule is COc1ccc(C(=O)NC2CCOC3(C2)CC(C(=O)O)C3)c(C)c1. The number of ether oxygens (including phenoxy) is 2. The Kier molecular flexibility index (Phi) is 4.49. The number of nitrogens with one attached hydrogen (secondary N) is 1. The predicted molar refractivity (Wildman–Crippen MR) is 87.3 cm³/mol. The summed E-state index contributed by atoms with van der Waals surface area (Å²) in [6, 6.07) is 5.39. The highest BCUT2D eigenvalue weighted by Gasteiger charge is 2.51. The second-order valence-corrected chi connectivity index (χ2v) is 6.82. The van der Waals surface area contributed by atoms with E-state index in [1.54, 1.807) is 19.2 Å². The molecule has 1 aromatic carbocycles. The van der Waals surface area contributed by atoms with Gasteiger partial charge in [-0.3, -0.25) is 9.59 Å². The summed E-state index contributed by atoms with van der Waals surface area (Å²) in [7, 11) is 1.60. The lowest BCUT2D eigenvalue weighted by molar-refractivity contribution is -0.181. The summed E-state index contributed by atoms with van der Waals surface area (Å²) in [4.78, 5) is 23.5. The number of carboxylic acid groups (broad SMARTS) is 1. The molecule has 0 radical (unpaired) electrons. The summed E-state index contributed by atoms with van der Waals surface area (Å²) in [5, 5.41) is 12.1. The number of methoxy groups -OCH3 is 1. The molecule has 1 heterocycles. The standard InChI is InChI=1S/C18H23NO5/c1-11-7-14(23-2)3-4-15(11)16(20)19-13-5-6-24-18(10-13)8-12(9-18)17(21)22/h3-4,7,12-13H,5-6,8-10H2,1-2H3,(H,19,20)(H,21,22). The topological polar surface area (TPSA) is 84.9 Å². The first-order valence-corrected chi connectivity index (χ1v) is 8.25. The highest BCUT2D eigenvalue weighted by Crippen LogP contribution is 2.46. The fourth-order valence-corrected chi connectivity index (χ4v) is 3.73. The van der Waals surface area contributed by atoms with Crippen molar-refractivity contribution >= 4 is 11.9 Å². The van der Waals surface area contributed by atoms with Crippen molar-refractivity contribution in [1.29, 1.82) is 0 Å². The van der Waals surface area contributed by atoms with Crippen molar-refractivity contribution in [2.24, 2.45) is 5.92 Å². The zero-order valence-electron chi connectivity index (χ0n) is 14.0. The van der Waals surface area contributed by atoms with E-state index in [-0.39, 0.29) is 23.5 Å². The normalized spacial score (nSPS) is 28.9. The number of benzene rings is 1. The fourth-order valence-electron chi connectivity index (χ4n) is 3.73. The lowest BCUT2D eigenvalue weighted by atomic mass is 9.66. The molecule has 2 fully saturated rings. The molecule has 2 N–H and O–H groups in total. The van der Waals surface area contributed by atoms with Gasteiger partial charge in [0.15, 0.2) is 0 Å². The number of carbonyl (C=O) groups excluding carboxylic acids is 1. The van der Waals surface area contributed by atoms with Crippen LogP contribution in [0.1, 0.15) is 41.6 Å². The number of rotatable bonds is 4. The van der Waals surface area contributed by atoms with Gasteiger partial charge in [-0.15, -0.1) is 0 Å². The lowest BCUT2D eigenvalue weighted by Gasteiger charge is -2.50. The summed E-state index contributed by atoms with van der Waals surface area (Å²) in [5.74, 6) is -0.456. The van der Waals surface area contributed by atoms with Crippen LogP contribution in [0.2, 0.25) is 0 Å². The maximum Gasteiger partial charge on any atom is 0.306 e. The third-order valence-electron chi connectivity index (χ3n) is 5.09. The van der Waals surface area contributed by atoms with Crippen LogP contribution in [0.15, 0.2) is 18.2 Å². The third kappa shape index (κ3) is 3.24. The maximum atomic E-state index is 12.5. The fraction of sp³-hybridized carbons (Fsp3) is 0.556. The number of carboxylic acids is 1. The summed E-state index contributed by atoms with van der Waals surface area (Å²) >= 11 is 0. The second-order valence-electron chi connectivity index (χ2n) is 6.82. The van der Waals surface area contributed by atoms with E-state index < -0.39 is 5.97 Å². The Morgan fingerprint density at radius 2 is 2.08 bits per heavy atom. The van der Waals surface area contributed by atoms with Gasteiger partial charge in [0.25, 0.3) is 5.91 Å². The van der Waals surface area contributed by atoms with Crippen LogP contribution in [0.25, 0.3) is 0 Å². The molecule has 1 atom stereocenters. The number of hydrogen-bond acceptors (Lipinski definition) is 4. The van der Waals surface area contributed by atoms with Gasteiger partial charge in [-0.05, 0) is 56.4 Å². The van der Waals surface area contributed by atoms with Crippen LogP contribution in [0.4, 0.5) is 0 Å². The van der Waals surface area contributed by atoms with E-state index in [9.17, 15) is 9.59 Å². The molecule has 6 heteroatoms. The number of aliphatic carboxylic acids is 1. The van der Waals surface area contributed by atoms with Gasteiger partial charge in [-0.2, -0.15) is 0 Å². The van der Waals surface area contributed by atoms with Gasteiger partial charge in [0.2, 0.25) is 0 Å². The van der Waals surface area contributed by atoms with Crippen LogP contribution in [0.5, 0.6) is 5.75 Å². The average Bonchev–Trinajstić information content (AvgIpc) is 2.52. The molecule has 1 saturated heterocycles. The minimum atomic E-state index is -0.760. The largest absolute Gasteiger partial charge is 0.497 e. The van der Waals surface area contributed by atoms with Gasteiger partial charge in [0.1, 0.15) is 5.75 Å². The first-order valence-electron chi connectivity index (χ1n) is 8.25. The average molecular weight is 333 g/mol. The van der Waals surface area contributed by atoms with Crippen LogP contribution >= 0.6 is 0 Å². The molecule has 1 aliphatic carbocycles. The molecule has 1 spiro atoms. The Labute approximate surface area is 141 Å². The molecule has 3 rings (SSSR count). The molecular formula is C18H23NO5. The molecule has 0 aromatic heterocycles. The van der Waals surface area contributed by atoms with E-state index in [4.69, 9.17) is 14.6 Å².